The average molecular weight is 524 g/mol. The Morgan fingerprint density at radius 1 is 1.05 bits per heavy atom. The van der Waals surface area contributed by atoms with E-state index in [4.69, 9.17) is 4.74 Å². The minimum absolute atomic E-state index is 0.0319. The fourth-order valence-electron chi connectivity index (χ4n) is 5.08. The smallest absolute Gasteiger partial charge is 0.227 e. The van der Waals surface area contributed by atoms with E-state index in [-0.39, 0.29) is 23.4 Å². The maximum absolute atomic E-state index is 15.0. The Balaban J connectivity index is 1.46. The Bertz CT molecular complexity index is 1290. The zero-order valence-corrected chi connectivity index (χ0v) is 22.4. The lowest BCUT2D eigenvalue weighted by Crippen LogP contribution is -2.44. The van der Waals surface area contributed by atoms with Crippen LogP contribution in [0.5, 0.6) is 5.75 Å². The molecule has 0 atom stereocenters. The molecule has 8 nitrogen and oxygen atoms in total. The van der Waals surface area contributed by atoms with Gasteiger partial charge in [0.25, 0.3) is 0 Å². The number of halogens is 2. The molecule has 3 heterocycles. The summed E-state index contributed by atoms with van der Waals surface area (Å²) in [6.45, 7) is 9.69. The summed E-state index contributed by atoms with van der Waals surface area (Å²) in [7, 11) is 4.08. The number of benzene rings is 2. The molecule has 2 aromatic carbocycles. The van der Waals surface area contributed by atoms with Gasteiger partial charge in [0.1, 0.15) is 12.3 Å². The molecule has 2 aliphatic heterocycles. The minimum atomic E-state index is -0.620. The number of piperazine rings is 1. The van der Waals surface area contributed by atoms with Crippen molar-refractivity contribution in [1.82, 2.24) is 20.2 Å². The molecule has 0 saturated carbocycles. The lowest BCUT2D eigenvalue weighted by molar-refractivity contribution is 0.287. The summed E-state index contributed by atoms with van der Waals surface area (Å²) in [5.74, 6) is -0.723. The van der Waals surface area contributed by atoms with Crippen molar-refractivity contribution in [2.75, 3.05) is 68.5 Å². The predicted molar refractivity (Wildman–Crippen MR) is 148 cm³/mol. The van der Waals surface area contributed by atoms with Gasteiger partial charge in [0, 0.05) is 55.7 Å². The maximum Gasteiger partial charge on any atom is 0.227 e. The van der Waals surface area contributed by atoms with E-state index in [0.717, 1.165) is 44.6 Å². The van der Waals surface area contributed by atoms with E-state index >= 15 is 4.39 Å². The molecule has 5 rings (SSSR count). The Morgan fingerprint density at radius 3 is 2.58 bits per heavy atom. The van der Waals surface area contributed by atoms with E-state index in [1.54, 1.807) is 6.07 Å². The first-order valence-electron chi connectivity index (χ1n) is 13.1. The largest absolute Gasteiger partial charge is 0.486 e. The van der Waals surface area contributed by atoms with Crippen molar-refractivity contribution in [3.63, 3.8) is 0 Å². The van der Waals surface area contributed by atoms with Gasteiger partial charge in [-0.25, -0.2) is 18.7 Å². The van der Waals surface area contributed by atoms with Gasteiger partial charge in [-0.05, 0) is 63.8 Å². The highest BCUT2D eigenvalue weighted by Gasteiger charge is 2.26. The number of ether oxygens (including phenoxy) is 1. The fourth-order valence-corrected chi connectivity index (χ4v) is 5.08. The number of anilines is 4. The Hall–Kier alpha value is -3.50. The molecule has 0 spiro atoms. The van der Waals surface area contributed by atoms with Crippen molar-refractivity contribution in [1.29, 1.82) is 0 Å². The van der Waals surface area contributed by atoms with Crippen molar-refractivity contribution < 1.29 is 13.5 Å². The topological polar surface area (TPSA) is 68.8 Å². The molecule has 2 N–H and O–H groups in total. The zero-order valence-electron chi connectivity index (χ0n) is 22.4. The molecule has 202 valence electrons. The normalized spacial score (nSPS) is 15.6. The molecule has 0 aliphatic carbocycles. The van der Waals surface area contributed by atoms with Crippen molar-refractivity contribution in [2.45, 2.75) is 26.4 Å². The lowest BCUT2D eigenvalue weighted by atomic mass is 10.1. The number of fused-ring (bicyclic) bond motifs is 1. The van der Waals surface area contributed by atoms with Gasteiger partial charge in [-0.2, -0.15) is 0 Å². The van der Waals surface area contributed by atoms with Crippen molar-refractivity contribution in [2.24, 2.45) is 0 Å². The number of nitrogens with zero attached hydrogens (tertiary/aromatic N) is 5. The van der Waals surface area contributed by atoms with Crippen LogP contribution in [-0.2, 0) is 6.54 Å². The van der Waals surface area contributed by atoms with E-state index in [1.807, 2.05) is 34.0 Å². The minimum Gasteiger partial charge on any atom is -0.486 e. The van der Waals surface area contributed by atoms with E-state index in [0.29, 0.717) is 24.4 Å². The van der Waals surface area contributed by atoms with E-state index in [1.165, 1.54) is 17.3 Å². The zero-order chi connectivity index (χ0) is 26.8. The molecular weight excluding hydrogens is 488 g/mol. The summed E-state index contributed by atoms with van der Waals surface area (Å²) in [5.41, 5.74) is 4.15. The summed E-state index contributed by atoms with van der Waals surface area (Å²) in [6.07, 6.45) is 1.12. The number of hydrogen-bond donors (Lipinski definition) is 2. The first-order valence-corrected chi connectivity index (χ1v) is 13.1. The van der Waals surface area contributed by atoms with Gasteiger partial charge in [0.15, 0.2) is 17.4 Å². The Morgan fingerprint density at radius 2 is 1.84 bits per heavy atom. The summed E-state index contributed by atoms with van der Waals surface area (Å²) in [4.78, 5) is 15.2. The molecule has 3 aromatic rings. The van der Waals surface area contributed by atoms with Crippen LogP contribution in [0.1, 0.15) is 19.4 Å². The molecule has 38 heavy (non-hydrogen) atoms. The number of nitrogens with one attached hydrogen (secondary N) is 2. The first kappa shape index (κ1) is 26.1. The second-order valence-electron chi connectivity index (χ2n) is 10.3. The second-order valence-corrected chi connectivity index (χ2v) is 10.3. The monoisotopic (exact) mass is 523 g/mol. The van der Waals surface area contributed by atoms with Crippen LogP contribution in [0.2, 0.25) is 0 Å². The fraction of sp³-hybridized carbons (Fsp3) is 0.429. The number of hydrogen-bond acceptors (Lipinski definition) is 8. The SMILES string of the molecule is CC(C)N1CCOc2c(F)cc(-c3nc(Nc4ccc(N5CCNCC5)c(CN(C)C)c4)ncc3F)cc21. The molecule has 0 amide bonds. The summed E-state index contributed by atoms with van der Waals surface area (Å²) in [5, 5.41) is 6.62. The Kier molecular flexibility index (Phi) is 7.62. The van der Waals surface area contributed by atoms with Crippen molar-refractivity contribution in [3.05, 3.63) is 53.7 Å². The van der Waals surface area contributed by atoms with Crippen LogP contribution in [0.25, 0.3) is 11.3 Å². The molecule has 0 bridgehead atoms. The van der Waals surface area contributed by atoms with Crippen LogP contribution in [0.15, 0.2) is 36.5 Å². The third kappa shape index (κ3) is 5.51. The van der Waals surface area contributed by atoms with Gasteiger partial charge in [-0.1, -0.05) is 0 Å². The molecule has 1 saturated heterocycles. The van der Waals surface area contributed by atoms with Crippen LogP contribution >= 0.6 is 0 Å². The quantitative estimate of drug-likeness (QED) is 0.477. The summed E-state index contributed by atoms with van der Waals surface area (Å²) >= 11 is 0. The van der Waals surface area contributed by atoms with E-state index in [9.17, 15) is 4.39 Å². The third-order valence-electron chi connectivity index (χ3n) is 6.83. The highest BCUT2D eigenvalue weighted by Crippen LogP contribution is 2.39. The summed E-state index contributed by atoms with van der Waals surface area (Å²) in [6, 6.07) is 9.33. The Labute approximate surface area is 222 Å². The summed E-state index contributed by atoms with van der Waals surface area (Å²) < 4.78 is 35.6. The van der Waals surface area contributed by atoms with Crippen LogP contribution in [0.3, 0.4) is 0 Å². The molecular formula is C28H35F2N7O. The van der Waals surface area contributed by atoms with Crippen LogP contribution in [0, 0.1) is 11.6 Å². The first-order chi connectivity index (χ1) is 18.3. The number of aromatic nitrogens is 2. The molecule has 0 unspecified atom stereocenters. The van der Waals surface area contributed by atoms with Crippen LogP contribution in [-0.4, -0.2) is 74.3 Å². The molecule has 1 fully saturated rings. The van der Waals surface area contributed by atoms with Gasteiger partial charge >= 0.3 is 0 Å². The van der Waals surface area contributed by atoms with Crippen LogP contribution in [0.4, 0.5) is 31.8 Å². The molecule has 0 radical (unpaired) electrons. The second kappa shape index (κ2) is 11.1. The molecule has 10 heteroatoms. The maximum atomic E-state index is 15.0. The van der Waals surface area contributed by atoms with Gasteiger partial charge in [0.05, 0.1) is 18.4 Å². The van der Waals surface area contributed by atoms with Crippen molar-refractivity contribution in [3.8, 4) is 17.0 Å². The van der Waals surface area contributed by atoms with Gasteiger partial charge in [-0.15, -0.1) is 0 Å². The standard InChI is InChI=1S/C28H35F2N7O/c1-18(2)37-11-12-38-27-22(29)14-19(15-25(27)37)26-23(30)16-32-28(34-26)33-21-5-6-24(20(13-21)17-35(3)4)36-9-7-31-8-10-36/h5-6,13-16,18,31H,7-12,17H2,1-4H3,(H,32,33,34). The molecule has 2 aliphatic rings. The number of rotatable bonds is 7. The van der Waals surface area contributed by atoms with Gasteiger partial charge in [-0.3, -0.25) is 0 Å². The molecule has 1 aromatic heterocycles. The van der Waals surface area contributed by atoms with Crippen molar-refractivity contribution >= 4 is 23.0 Å². The van der Waals surface area contributed by atoms with Gasteiger partial charge < -0.3 is 30.1 Å². The third-order valence-corrected chi connectivity index (χ3v) is 6.83. The van der Waals surface area contributed by atoms with E-state index in [2.05, 4.69) is 47.4 Å². The van der Waals surface area contributed by atoms with E-state index < -0.39 is 11.6 Å². The predicted octanol–water partition coefficient (Wildman–Crippen LogP) is 4.24. The highest BCUT2D eigenvalue weighted by molar-refractivity contribution is 5.73. The van der Waals surface area contributed by atoms with Crippen LogP contribution < -0.4 is 25.2 Å². The van der Waals surface area contributed by atoms with Gasteiger partial charge in [0.2, 0.25) is 5.95 Å². The lowest BCUT2D eigenvalue weighted by Gasteiger charge is -2.34. The highest BCUT2D eigenvalue weighted by atomic mass is 19.1. The average Bonchev–Trinajstić information content (AvgIpc) is 2.89.